The summed E-state index contributed by atoms with van der Waals surface area (Å²) >= 11 is 0. The van der Waals surface area contributed by atoms with Crippen LogP contribution >= 0.6 is 0 Å². The first kappa shape index (κ1) is 16.0. The second-order valence-electron chi connectivity index (χ2n) is 5.70. The van der Waals surface area contributed by atoms with Gasteiger partial charge in [0.15, 0.2) is 0 Å². The lowest BCUT2D eigenvalue weighted by atomic mass is 9.94. The van der Waals surface area contributed by atoms with Crippen molar-refractivity contribution in [1.82, 2.24) is 20.2 Å². The van der Waals surface area contributed by atoms with Crippen molar-refractivity contribution >= 4 is 17.6 Å². The number of rotatable bonds is 4. The Kier molecular flexibility index (Phi) is 4.20. The van der Waals surface area contributed by atoms with Crippen LogP contribution in [-0.4, -0.2) is 47.4 Å². The fraction of sp³-hybridized carbons (Fsp3) is 0.375. The molecule has 1 N–H and O–H groups in total. The van der Waals surface area contributed by atoms with Gasteiger partial charge in [-0.15, -0.1) is 0 Å². The van der Waals surface area contributed by atoms with E-state index in [4.69, 9.17) is 4.74 Å². The van der Waals surface area contributed by atoms with Crippen LogP contribution in [0.1, 0.15) is 24.9 Å². The van der Waals surface area contributed by atoms with Gasteiger partial charge in [-0.1, -0.05) is 24.2 Å². The number of hydrogen-bond donors (Lipinski definition) is 1. The number of tetrazole rings is 1. The predicted octanol–water partition coefficient (Wildman–Crippen LogP) is 1.59. The molecular weight excluding hydrogens is 308 g/mol. The molecule has 8 nitrogen and oxygen atoms in total. The summed E-state index contributed by atoms with van der Waals surface area (Å²) in [6.45, 7) is 1.97. The Morgan fingerprint density at radius 1 is 1.33 bits per heavy atom. The van der Waals surface area contributed by atoms with E-state index >= 15 is 0 Å². The van der Waals surface area contributed by atoms with Gasteiger partial charge in [-0.25, -0.2) is 4.79 Å². The van der Waals surface area contributed by atoms with Gasteiger partial charge in [0, 0.05) is 25.5 Å². The van der Waals surface area contributed by atoms with Crippen LogP contribution in [0.4, 0.5) is 11.6 Å². The standard InChI is InChI=1S/C16H20N6O2/c1-5-12-13(15(23)24-4)14(22-16(17-12)18-19-20-22)10-6-8-11(9-7-10)21(2)3/h6-9,14H,5H2,1-4H3,(H,17,18,20)/t14-/m0/s1. The predicted molar refractivity (Wildman–Crippen MR) is 89.7 cm³/mol. The summed E-state index contributed by atoms with van der Waals surface area (Å²) < 4.78 is 6.61. The number of carbonyl (C=O) groups is 1. The Hall–Kier alpha value is -2.90. The molecule has 24 heavy (non-hydrogen) atoms. The summed E-state index contributed by atoms with van der Waals surface area (Å²) in [5.41, 5.74) is 3.29. The van der Waals surface area contributed by atoms with E-state index in [0.29, 0.717) is 17.9 Å². The first-order valence-corrected chi connectivity index (χ1v) is 7.70. The largest absolute Gasteiger partial charge is 0.466 e. The van der Waals surface area contributed by atoms with Crippen molar-refractivity contribution in [3.8, 4) is 0 Å². The Bertz CT molecular complexity index is 778. The number of hydrogen-bond acceptors (Lipinski definition) is 7. The molecule has 2 heterocycles. The number of nitrogens with zero attached hydrogens (tertiary/aromatic N) is 5. The van der Waals surface area contributed by atoms with Crippen molar-refractivity contribution in [1.29, 1.82) is 0 Å². The Morgan fingerprint density at radius 2 is 2.04 bits per heavy atom. The molecule has 1 aromatic carbocycles. The molecule has 1 atom stereocenters. The molecule has 3 rings (SSSR count). The number of fused-ring (bicyclic) bond motifs is 1. The average molecular weight is 328 g/mol. The quantitative estimate of drug-likeness (QED) is 0.853. The van der Waals surface area contributed by atoms with Crippen LogP contribution < -0.4 is 10.2 Å². The molecule has 126 valence electrons. The number of benzene rings is 1. The van der Waals surface area contributed by atoms with Crippen molar-refractivity contribution in [2.24, 2.45) is 0 Å². The summed E-state index contributed by atoms with van der Waals surface area (Å²) in [6.07, 6.45) is 0.642. The number of esters is 1. The highest BCUT2D eigenvalue weighted by atomic mass is 16.5. The van der Waals surface area contributed by atoms with Crippen LogP contribution in [0.25, 0.3) is 0 Å². The minimum Gasteiger partial charge on any atom is -0.466 e. The normalized spacial score (nSPS) is 16.4. The van der Waals surface area contributed by atoms with E-state index < -0.39 is 6.04 Å². The van der Waals surface area contributed by atoms with Crippen molar-refractivity contribution in [2.75, 3.05) is 31.4 Å². The smallest absolute Gasteiger partial charge is 0.338 e. The number of carbonyl (C=O) groups excluding carboxylic acids is 1. The van der Waals surface area contributed by atoms with Crippen molar-refractivity contribution in [3.63, 3.8) is 0 Å². The molecule has 2 aromatic rings. The summed E-state index contributed by atoms with van der Waals surface area (Å²) in [6, 6.07) is 7.54. The minimum atomic E-state index is -0.421. The Balaban J connectivity index is 2.14. The van der Waals surface area contributed by atoms with Gasteiger partial charge in [-0.05, 0) is 34.5 Å². The first-order valence-electron chi connectivity index (χ1n) is 7.70. The topological polar surface area (TPSA) is 85.2 Å². The van der Waals surface area contributed by atoms with Crippen molar-refractivity contribution < 1.29 is 9.53 Å². The van der Waals surface area contributed by atoms with Crippen LogP contribution in [0.3, 0.4) is 0 Å². The van der Waals surface area contributed by atoms with Gasteiger partial charge in [-0.2, -0.15) is 4.68 Å². The second-order valence-corrected chi connectivity index (χ2v) is 5.70. The van der Waals surface area contributed by atoms with Gasteiger partial charge < -0.3 is 15.0 Å². The number of methoxy groups -OCH3 is 1. The number of ether oxygens (including phenoxy) is 1. The van der Waals surface area contributed by atoms with Gasteiger partial charge in [0.2, 0.25) is 5.95 Å². The third-order valence-electron chi connectivity index (χ3n) is 4.08. The van der Waals surface area contributed by atoms with Crippen molar-refractivity contribution in [3.05, 3.63) is 41.1 Å². The summed E-state index contributed by atoms with van der Waals surface area (Å²) in [5, 5.41) is 14.9. The zero-order valence-electron chi connectivity index (χ0n) is 14.1. The van der Waals surface area contributed by atoms with E-state index in [1.165, 1.54) is 7.11 Å². The van der Waals surface area contributed by atoms with E-state index in [9.17, 15) is 4.79 Å². The molecule has 0 unspecified atom stereocenters. The maximum Gasteiger partial charge on any atom is 0.338 e. The second kappa shape index (κ2) is 6.31. The molecule has 0 bridgehead atoms. The lowest BCUT2D eigenvalue weighted by molar-refractivity contribution is -0.136. The maximum atomic E-state index is 12.4. The third-order valence-corrected chi connectivity index (χ3v) is 4.08. The number of aromatic nitrogens is 4. The van der Waals surface area contributed by atoms with Crippen LogP contribution in [0, 0.1) is 0 Å². The maximum absolute atomic E-state index is 12.4. The zero-order chi connectivity index (χ0) is 17.3. The molecule has 0 spiro atoms. The highest BCUT2D eigenvalue weighted by Crippen LogP contribution is 2.36. The molecule has 1 aliphatic heterocycles. The fourth-order valence-electron chi connectivity index (χ4n) is 2.83. The van der Waals surface area contributed by atoms with Crippen LogP contribution in [-0.2, 0) is 9.53 Å². The molecule has 1 aliphatic rings. The molecule has 0 radical (unpaired) electrons. The van der Waals surface area contributed by atoms with E-state index in [-0.39, 0.29) is 5.97 Å². The molecule has 0 fully saturated rings. The van der Waals surface area contributed by atoms with E-state index in [2.05, 4.69) is 20.8 Å². The fourth-order valence-corrected chi connectivity index (χ4v) is 2.83. The highest BCUT2D eigenvalue weighted by molar-refractivity contribution is 5.92. The molecule has 0 saturated carbocycles. The van der Waals surface area contributed by atoms with Gasteiger partial charge in [-0.3, -0.25) is 0 Å². The zero-order valence-corrected chi connectivity index (χ0v) is 14.1. The SMILES string of the molecule is CCC1=C(C(=O)OC)[C@H](c2ccc(N(C)C)cc2)n2nnnc2N1. The summed E-state index contributed by atoms with van der Waals surface area (Å²) in [7, 11) is 5.34. The van der Waals surface area contributed by atoms with E-state index in [1.807, 2.05) is 50.2 Å². The van der Waals surface area contributed by atoms with Crippen LogP contribution in [0.5, 0.6) is 0 Å². The number of nitrogens with one attached hydrogen (secondary N) is 1. The Morgan fingerprint density at radius 3 is 2.62 bits per heavy atom. The Labute approximate surface area is 140 Å². The third kappa shape index (κ3) is 2.60. The minimum absolute atomic E-state index is 0.387. The van der Waals surface area contributed by atoms with Crippen LogP contribution in [0.15, 0.2) is 35.5 Å². The molecule has 0 saturated heterocycles. The molecule has 0 amide bonds. The highest BCUT2D eigenvalue weighted by Gasteiger charge is 2.35. The molecule has 1 aromatic heterocycles. The first-order chi connectivity index (χ1) is 11.6. The molecular formula is C16H20N6O2. The van der Waals surface area contributed by atoms with E-state index in [0.717, 1.165) is 16.9 Å². The van der Waals surface area contributed by atoms with Crippen LogP contribution in [0.2, 0.25) is 0 Å². The van der Waals surface area contributed by atoms with Crippen molar-refractivity contribution in [2.45, 2.75) is 19.4 Å². The van der Waals surface area contributed by atoms with E-state index in [1.54, 1.807) is 4.68 Å². The monoisotopic (exact) mass is 328 g/mol. The summed E-state index contributed by atoms with van der Waals surface area (Å²) in [5.74, 6) is 0.128. The van der Waals surface area contributed by atoms with Gasteiger partial charge in [0.05, 0.1) is 12.7 Å². The number of allylic oxidation sites excluding steroid dienone is 1. The summed E-state index contributed by atoms with van der Waals surface area (Å²) in [4.78, 5) is 14.4. The lowest BCUT2D eigenvalue weighted by Gasteiger charge is -2.28. The number of anilines is 2. The lowest BCUT2D eigenvalue weighted by Crippen LogP contribution is -2.30. The molecule has 0 aliphatic carbocycles. The molecule has 8 heteroatoms. The average Bonchev–Trinajstić information content (AvgIpc) is 3.07. The van der Waals surface area contributed by atoms with Gasteiger partial charge >= 0.3 is 5.97 Å². The van der Waals surface area contributed by atoms with Gasteiger partial charge in [0.1, 0.15) is 6.04 Å². The van der Waals surface area contributed by atoms with Gasteiger partial charge in [0.25, 0.3) is 0 Å².